The Kier molecular flexibility index (Phi) is 8.70. The van der Waals surface area contributed by atoms with Gasteiger partial charge in [0.05, 0.1) is 0 Å². The maximum atomic E-state index is 10.9. The highest BCUT2D eigenvalue weighted by Gasteiger charge is 2.17. The van der Waals surface area contributed by atoms with Crippen LogP contribution in [0.25, 0.3) is 0 Å². The van der Waals surface area contributed by atoms with Gasteiger partial charge < -0.3 is 15.5 Å². The summed E-state index contributed by atoms with van der Waals surface area (Å²) in [5, 5.41) is 21.1. The molecule has 0 aliphatic heterocycles. The second-order valence-corrected chi connectivity index (χ2v) is 5.74. The second-order valence-electron chi connectivity index (χ2n) is 4.19. The van der Waals surface area contributed by atoms with Gasteiger partial charge in [0.2, 0.25) is 0 Å². The van der Waals surface area contributed by atoms with Gasteiger partial charge in [-0.25, -0.2) is 0 Å². The molecule has 0 bridgehead atoms. The number of carboxylic acid groups (broad SMARTS) is 1. The molecule has 0 fully saturated rings. The summed E-state index contributed by atoms with van der Waals surface area (Å²) in [5.41, 5.74) is 0. The third-order valence-electron chi connectivity index (χ3n) is 2.18. The molecule has 0 aliphatic carbocycles. The number of hydrogen-bond acceptors (Lipinski definition) is 4. The van der Waals surface area contributed by atoms with Crippen molar-refractivity contribution < 1.29 is 15.0 Å². The molecule has 3 N–H and O–H groups in total. The van der Waals surface area contributed by atoms with Gasteiger partial charge in [0.15, 0.2) is 0 Å². The molecule has 16 heavy (non-hydrogen) atoms. The highest BCUT2D eigenvalue weighted by molar-refractivity contribution is 7.99. The molecule has 2 unspecified atom stereocenters. The van der Waals surface area contributed by atoms with Crippen molar-refractivity contribution in [3.63, 3.8) is 0 Å². The van der Waals surface area contributed by atoms with Crippen LogP contribution in [0.5, 0.6) is 0 Å². The largest absolute Gasteiger partial charge is 0.480 e. The lowest BCUT2D eigenvalue weighted by Crippen LogP contribution is -2.41. The standard InChI is InChI=1S/C11H23NO3S/c1-8(2)12-10(11(14)15)5-7-16-9(3)4-6-13/h8-10,12-13H,4-7H2,1-3H3,(H,14,15). The molecule has 0 amide bonds. The Morgan fingerprint density at radius 3 is 2.38 bits per heavy atom. The summed E-state index contributed by atoms with van der Waals surface area (Å²) in [4.78, 5) is 10.9. The van der Waals surface area contributed by atoms with Crippen molar-refractivity contribution in [2.75, 3.05) is 12.4 Å². The van der Waals surface area contributed by atoms with Gasteiger partial charge in [0, 0.05) is 17.9 Å². The fourth-order valence-electron chi connectivity index (χ4n) is 1.33. The third-order valence-corrected chi connectivity index (χ3v) is 3.45. The van der Waals surface area contributed by atoms with Crippen molar-refractivity contribution in [2.24, 2.45) is 0 Å². The van der Waals surface area contributed by atoms with Crippen molar-refractivity contribution in [1.82, 2.24) is 5.32 Å². The van der Waals surface area contributed by atoms with Crippen molar-refractivity contribution in [2.45, 2.75) is 50.9 Å². The Balaban J connectivity index is 3.80. The molecule has 0 rings (SSSR count). The Morgan fingerprint density at radius 1 is 1.31 bits per heavy atom. The van der Waals surface area contributed by atoms with Gasteiger partial charge in [0.1, 0.15) is 6.04 Å². The average molecular weight is 249 g/mol. The first-order valence-corrected chi connectivity index (χ1v) is 6.73. The minimum atomic E-state index is -0.788. The Bertz CT molecular complexity index is 200. The molecule has 0 aromatic rings. The SMILES string of the molecule is CC(C)NC(CCSC(C)CCO)C(=O)O. The molecule has 0 aliphatic rings. The molecule has 0 aromatic heterocycles. The summed E-state index contributed by atoms with van der Waals surface area (Å²) in [6.45, 7) is 6.13. The monoisotopic (exact) mass is 249 g/mol. The summed E-state index contributed by atoms with van der Waals surface area (Å²) in [7, 11) is 0. The zero-order chi connectivity index (χ0) is 12.6. The smallest absolute Gasteiger partial charge is 0.320 e. The first-order valence-electron chi connectivity index (χ1n) is 5.68. The number of nitrogens with one attached hydrogen (secondary N) is 1. The van der Waals surface area contributed by atoms with Crippen molar-refractivity contribution in [1.29, 1.82) is 0 Å². The molecule has 0 saturated carbocycles. The van der Waals surface area contributed by atoms with Gasteiger partial charge >= 0.3 is 5.97 Å². The maximum absolute atomic E-state index is 10.9. The highest BCUT2D eigenvalue weighted by atomic mass is 32.2. The number of aliphatic hydroxyl groups is 1. The van der Waals surface area contributed by atoms with Gasteiger partial charge in [-0.2, -0.15) is 11.8 Å². The predicted molar refractivity (Wildman–Crippen MR) is 67.9 cm³/mol. The van der Waals surface area contributed by atoms with Crippen LogP contribution in [0.1, 0.15) is 33.6 Å². The van der Waals surface area contributed by atoms with E-state index in [1.807, 2.05) is 20.8 Å². The number of aliphatic carboxylic acids is 1. The van der Waals surface area contributed by atoms with Gasteiger partial charge in [-0.1, -0.05) is 20.8 Å². The molecule has 2 atom stereocenters. The molecular weight excluding hydrogens is 226 g/mol. The van der Waals surface area contributed by atoms with E-state index in [4.69, 9.17) is 10.2 Å². The molecule has 0 spiro atoms. The lowest BCUT2D eigenvalue weighted by Gasteiger charge is -2.18. The fraction of sp³-hybridized carbons (Fsp3) is 0.909. The topological polar surface area (TPSA) is 69.6 Å². The van der Waals surface area contributed by atoms with E-state index in [0.29, 0.717) is 11.7 Å². The van der Waals surface area contributed by atoms with E-state index in [9.17, 15) is 4.79 Å². The van der Waals surface area contributed by atoms with Crippen molar-refractivity contribution in [3.8, 4) is 0 Å². The molecule has 5 heteroatoms. The van der Waals surface area contributed by atoms with Crippen LogP contribution in [0.3, 0.4) is 0 Å². The quantitative estimate of drug-likeness (QED) is 0.575. The fourth-order valence-corrected chi connectivity index (χ4v) is 2.38. The van der Waals surface area contributed by atoms with E-state index in [1.54, 1.807) is 11.8 Å². The molecule has 4 nitrogen and oxygen atoms in total. The van der Waals surface area contributed by atoms with E-state index in [0.717, 1.165) is 12.2 Å². The number of thioether (sulfide) groups is 1. The summed E-state index contributed by atoms with van der Waals surface area (Å²) < 4.78 is 0. The highest BCUT2D eigenvalue weighted by Crippen LogP contribution is 2.15. The van der Waals surface area contributed by atoms with Crippen molar-refractivity contribution in [3.05, 3.63) is 0 Å². The normalized spacial score (nSPS) is 15.1. The Hall–Kier alpha value is -0.260. The van der Waals surface area contributed by atoms with Crippen LogP contribution in [-0.4, -0.2) is 45.9 Å². The first-order chi connectivity index (χ1) is 7.47. The number of aliphatic hydroxyl groups excluding tert-OH is 1. The van der Waals surface area contributed by atoms with E-state index >= 15 is 0 Å². The number of carboxylic acids is 1. The Labute approximate surface area is 102 Å². The van der Waals surface area contributed by atoms with E-state index in [-0.39, 0.29) is 12.6 Å². The minimum absolute atomic E-state index is 0.181. The Morgan fingerprint density at radius 2 is 1.94 bits per heavy atom. The van der Waals surface area contributed by atoms with Crippen LogP contribution in [0.2, 0.25) is 0 Å². The van der Waals surface area contributed by atoms with Gasteiger partial charge in [-0.05, 0) is 18.6 Å². The third kappa shape index (κ3) is 7.96. The first kappa shape index (κ1) is 15.7. The van der Waals surface area contributed by atoms with Crippen LogP contribution in [0.15, 0.2) is 0 Å². The van der Waals surface area contributed by atoms with Crippen LogP contribution >= 0.6 is 11.8 Å². The van der Waals surface area contributed by atoms with Crippen LogP contribution < -0.4 is 5.32 Å². The summed E-state index contributed by atoms with van der Waals surface area (Å²) in [6, 6.07) is -0.283. The molecule has 0 saturated heterocycles. The summed E-state index contributed by atoms with van der Waals surface area (Å²) >= 11 is 1.71. The van der Waals surface area contributed by atoms with E-state index < -0.39 is 12.0 Å². The molecule has 0 aromatic carbocycles. The van der Waals surface area contributed by atoms with Gasteiger partial charge in [-0.3, -0.25) is 4.79 Å². The lowest BCUT2D eigenvalue weighted by atomic mass is 10.2. The molecule has 0 radical (unpaired) electrons. The minimum Gasteiger partial charge on any atom is -0.480 e. The van der Waals surface area contributed by atoms with E-state index in [1.165, 1.54) is 0 Å². The molecule has 0 heterocycles. The van der Waals surface area contributed by atoms with Crippen LogP contribution in [0.4, 0.5) is 0 Å². The second kappa shape index (κ2) is 8.84. The molecule has 96 valence electrons. The number of hydrogen-bond donors (Lipinski definition) is 3. The van der Waals surface area contributed by atoms with Gasteiger partial charge in [0.25, 0.3) is 0 Å². The zero-order valence-electron chi connectivity index (χ0n) is 10.3. The maximum Gasteiger partial charge on any atom is 0.320 e. The zero-order valence-corrected chi connectivity index (χ0v) is 11.1. The summed E-state index contributed by atoms with van der Waals surface area (Å²) in [6.07, 6.45) is 1.38. The van der Waals surface area contributed by atoms with E-state index in [2.05, 4.69) is 5.32 Å². The molecular formula is C11H23NO3S. The van der Waals surface area contributed by atoms with Crippen LogP contribution in [-0.2, 0) is 4.79 Å². The lowest BCUT2D eigenvalue weighted by molar-refractivity contribution is -0.139. The predicted octanol–water partition coefficient (Wildman–Crippen LogP) is 1.33. The van der Waals surface area contributed by atoms with Crippen molar-refractivity contribution >= 4 is 17.7 Å². The summed E-state index contributed by atoms with van der Waals surface area (Å²) in [5.74, 6) is 0.0156. The van der Waals surface area contributed by atoms with Crippen LogP contribution in [0, 0.1) is 0 Å². The average Bonchev–Trinajstić information content (AvgIpc) is 2.15. The number of carbonyl (C=O) groups is 1. The number of rotatable bonds is 9. The van der Waals surface area contributed by atoms with Gasteiger partial charge in [-0.15, -0.1) is 0 Å².